The van der Waals surface area contributed by atoms with E-state index < -0.39 is 0 Å². The smallest absolute Gasteiger partial charge is 0.274 e. The number of anilines is 2. The van der Waals surface area contributed by atoms with Gasteiger partial charge in [0, 0.05) is 65.0 Å². The molecule has 11 nitrogen and oxygen atoms in total. The fourth-order valence-corrected chi connectivity index (χ4v) is 6.26. The van der Waals surface area contributed by atoms with Gasteiger partial charge >= 0.3 is 0 Å². The molecule has 2 aliphatic rings. The minimum absolute atomic E-state index is 0.0709. The number of aromatic amines is 2. The fraction of sp³-hybridized carbons (Fsp3) is 0.219. The van der Waals surface area contributed by atoms with Gasteiger partial charge < -0.3 is 40.0 Å². The van der Waals surface area contributed by atoms with Gasteiger partial charge in [0.1, 0.15) is 22.9 Å². The number of benzene rings is 3. The molecule has 0 bridgehead atoms. The van der Waals surface area contributed by atoms with Crippen molar-refractivity contribution in [3.05, 3.63) is 83.2 Å². The number of phenolic OH excluding ortho intramolecular Hbond substituents is 2. The minimum atomic E-state index is -0.331. The van der Waals surface area contributed by atoms with E-state index in [4.69, 9.17) is 16.3 Å². The summed E-state index contributed by atoms with van der Waals surface area (Å²) < 4.78 is 5.36. The predicted octanol–water partition coefficient (Wildman–Crippen LogP) is 4.77. The number of aromatic hydroxyl groups is 2. The number of alkyl halides is 1. The second kappa shape index (κ2) is 10.9. The fourth-order valence-electron chi connectivity index (χ4n) is 6.01. The Morgan fingerprint density at radius 2 is 1.68 bits per heavy atom. The van der Waals surface area contributed by atoms with Gasteiger partial charge in [0.05, 0.1) is 24.4 Å². The molecular weight excluding hydrogens is 586 g/mol. The number of nitrogens with zero attached hydrogens (tertiary/aromatic N) is 2. The van der Waals surface area contributed by atoms with Crippen molar-refractivity contribution in [2.45, 2.75) is 5.92 Å². The Balaban J connectivity index is 1.18. The van der Waals surface area contributed by atoms with E-state index in [-0.39, 0.29) is 41.0 Å². The Morgan fingerprint density at radius 3 is 2.43 bits per heavy atom. The quantitative estimate of drug-likeness (QED) is 0.180. The number of morpholine rings is 1. The number of fused-ring (bicyclic) bond motifs is 4. The van der Waals surface area contributed by atoms with Crippen LogP contribution in [-0.2, 0) is 4.74 Å². The van der Waals surface area contributed by atoms with Gasteiger partial charge in [0.15, 0.2) is 0 Å². The highest BCUT2D eigenvalue weighted by molar-refractivity contribution is 6.19. The van der Waals surface area contributed by atoms with Crippen LogP contribution in [0.15, 0.2) is 60.7 Å². The summed E-state index contributed by atoms with van der Waals surface area (Å²) in [5, 5.41) is 24.7. The monoisotopic (exact) mass is 613 g/mol. The van der Waals surface area contributed by atoms with Crippen LogP contribution in [0.3, 0.4) is 0 Å². The Bertz CT molecular complexity index is 1940. The van der Waals surface area contributed by atoms with E-state index in [1.807, 2.05) is 0 Å². The van der Waals surface area contributed by atoms with Crippen molar-refractivity contribution in [3.8, 4) is 11.5 Å². The lowest BCUT2D eigenvalue weighted by atomic mass is 9.98. The third-order valence-corrected chi connectivity index (χ3v) is 8.59. The second-order valence-corrected chi connectivity index (χ2v) is 11.3. The number of amides is 3. The van der Waals surface area contributed by atoms with E-state index in [0.29, 0.717) is 77.6 Å². The summed E-state index contributed by atoms with van der Waals surface area (Å²) in [5.74, 6) is -0.785. The highest BCUT2D eigenvalue weighted by atomic mass is 35.5. The van der Waals surface area contributed by atoms with Crippen molar-refractivity contribution in [3.63, 3.8) is 0 Å². The molecule has 0 spiro atoms. The maximum atomic E-state index is 13.9. The van der Waals surface area contributed by atoms with E-state index in [2.05, 4.69) is 15.3 Å². The normalized spacial score (nSPS) is 16.4. The van der Waals surface area contributed by atoms with Gasteiger partial charge in [-0.2, -0.15) is 0 Å². The molecule has 0 saturated carbocycles. The van der Waals surface area contributed by atoms with E-state index in [1.165, 1.54) is 24.3 Å². The number of aromatic nitrogens is 2. The average molecular weight is 614 g/mol. The third-order valence-electron chi connectivity index (χ3n) is 8.21. The number of nitrogens with one attached hydrogen (secondary N) is 3. The van der Waals surface area contributed by atoms with Crippen molar-refractivity contribution in [2.75, 3.05) is 48.9 Å². The molecule has 0 unspecified atom stereocenters. The summed E-state index contributed by atoms with van der Waals surface area (Å²) in [6, 6.07) is 16.2. The zero-order valence-corrected chi connectivity index (χ0v) is 24.1. The predicted molar refractivity (Wildman–Crippen MR) is 166 cm³/mol. The number of H-pyrrole nitrogens is 2. The average Bonchev–Trinajstić information content (AvgIpc) is 3.76. The maximum absolute atomic E-state index is 13.9. The van der Waals surface area contributed by atoms with Crippen LogP contribution in [0.2, 0.25) is 0 Å². The molecule has 2 aromatic heterocycles. The Labute approximate surface area is 256 Å². The maximum Gasteiger partial charge on any atom is 0.274 e. The van der Waals surface area contributed by atoms with E-state index >= 15 is 0 Å². The molecular formula is C32H28ClN5O6. The first-order valence-electron chi connectivity index (χ1n) is 14.2. The van der Waals surface area contributed by atoms with Gasteiger partial charge in [-0.15, -0.1) is 11.6 Å². The Kier molecular flexibility index (Phi) is 6.91. The Morgan fingerprint density at radius 1 is 0.932 bits per heavy atom. The molecule has 224 valence electrons. The molecule has 0 radical (unpaired) electrons. The largest absolute Gasteiger partial charge is 0.508 e. The molecule has 0 aliphatic carbocycles. The van der Waals surface area contributed by atoms with Crippen LogP contribution in [0.5, 0.6) is 11.5 Å². The van der Waals surface area contributed by atoms with Crippen molar-refractivity contribution in [1.82, 2.24) is 14.9 Å². The molecule has 1 atom stereocenters. The van der Waals surface area contributed by atoms with Crippen LogP contribution in [0.4, 0.5) is 11.4 Å². The van der Waals surface area contributed by atoms with Gasteiger partial charge in [-0.25, -0.2) is 0 Å². The zero-order chi connectivity index (χ0) is 30.5. The molecule has 3 aromatic carbocycles. The number of carbonyl (C=O) groups excluding carboxylic acids is 3. The lowest BCUT2D eigenvalue weighted by Gasteiger charge is -2.26. The molecule has 5 N–H and O–H groups in total. The summed E-state index contributed by atoms with van der Waals surface area (Å²) in [5.41, 5.74) is 4.10. The van der Waals surface area contributed by atoms with Gasteiger partial charge in [-0.1, -0.05) is 0 Å². The summed E-state index contributed by atoms with van der Waals surface area (Å²) >= 11 is 6.40. The van der Waals surface area contributed by atoms with E-state index in [0.717, 1.165) is 10.9 Å². The van der Waals surface area contributed by atoms with Crippen molar-refractivity contribution < 1.29 is 29.3 Å². The Hall–Kier alpha value is -5.00. The highest BCUT2D eigenvalue weighted by Gasteiger charge is 2.36. The first-order valence-corrected chi connectivity index (χ1v) is 14.7. The van der Waals surface area contributed by atoms with Crippen molar-refractivity contribution in [1.29, 1.82) is 0 Å². The SMILES string of the molecule is O=C(Nc1ccc2[nH]c(C(=O)N3C[C@@H](CCl)c4c3cc(O)c3[nH]c(C(=O)N5CCOCC5)cc43)cc2c1)c1ccc(O)cc1. The molecule has 5 aromatic rings. The van der Waals surface area contributed by atoms with E-state index in [1.54, 1.807) is 46.2 Å². The number of hydrogen-bond acceptors (Lipinski definition) is 6. The molecule has 3 amide bonds. The van der Waals surface area contributed by atoms with Gasteiger partial charge in [0.25, 0.3) is 17.7 Å². The van der Waals surface area contributed by atoms with Crippen LogP contribution < -0.4 is 10.2 Å². The third kappa shape index (κ3) is 4.80. The molecule has 2 aliphatic heterocycles. The zero-order valence-electron chi connectivity index (χ0n) is 23.4. The molecule has 12 heteroatoms. The lowest BCUT2D eigenvalue weighted by Crippen LogP contribution is -2.40. The van der Waals surface area contributed by atoms with Crippen molar-refractivity contribution >= 4 is 62.5 Å². The second-order valence-electron chi connectivity index (χ2n) is 11.0. The molecule has 1 fully saturated rings. The lowest BCUT2D eigenvalue weighted by molar-refractivity contribution is 0.0299. The van der Waals surface area contributed by atoms with Crippen LogP contribution in [0.1, 0.15) is 42.8 Å². The summed E-state index contributed by atoms with van der Waals surface area (Å²) in [7, 11) is 0. The summed E-state index contributed by atoms with van der Waals surface area (Å²) in [6.07, 6.45) is 0. The molecule has 7 rings (SSSR count). The first kappa shape index (κ1) is 27.8. The number of carbonyl (C=O) groups is 3. The number of phenols is 2. The van der Waals surface area contributed by atoms with Crippen molar-refractivity contribution in [2.24, 2.45) is 0 Å². The van der Waals surface area contributed by atoms with Crippen LogP contribution in [-0.4, -0.2) is 81.5 Å². The molecule has 1 saturated heterocycles. The van der Waals surface area contributed by atoms with Gasteiger partial charge in [0.2, 0.25) is 0 Å². The first-order chi connectivity index (χ1) is 21.3. The number of rotatable bonds is 5. The standard InChI is InChI=1S/C32H28ClN5O6/c33-15-19-16-38(26-14-27(40)29-22(28(19)26)13-25(36-29)31(42)37-7-9-44-10-8-37)32(43)24-12-18-11-20(3-6-23(18)35-24)34-30(41)17-1-4-21(39)5-2-17/h1-6,11-14,19,35-36,39-40H,7-10,15-16H2,(H,34,41)/t19-/m1/s1. The highest BCUT2D eigenvalue weighted by Crippen LogP contribution is 2.46. The molecule has 4 heterocycles. The van der Waals surface area contributed by atoms with Crippen LogP contribution >= 0.6 is 11.6 Å². The summed E-state index contributed by atoms with van der Waals surface area (Å²) in [4.78, 5) is 49.3. The van der Waals surface area contributed by atoms with E-state index in [9.17, 15) is 24.6 Å². The minimum Gasteiger partial charge on any atom is -0.508 e. The van der Waals surface area contributed by atoms with Gasteiger partial charge in [-0.05, 0) is 60.2 Å². The summed E-state index contributed by atoms with van der Waals surface area (Å²) in [6.45, 7) is 2.23. The number of halogens is 1. The van der Waals surface area contributed by atoms with Crippen LogP contribution in [0.25, 0.3) is 21.8 Å². The van der Waals surface area contributed by atoms with Gasteiger partial charge in [-0.3, -0.25) is 14.4 Å². The number of hydrogen-bond donors (Lipinski definition) is 5. The number of ether oxygens (including phenoxy) is 1. The van der Waals surface area contributed by atoms with Crippen LogP contribution in [0, 0.1) is 0 Å². The topological polar surface area (TPSA) is 151 Å². The molecule has 44 heavy (non-hydrogen) atoms.